The van der Waals surface area contributed by atoms with Crippen molar-refractivity contribution >= 4 is 0 Å². The van der Waals surface area contributed by atoms with Crippen LogP contribution in [0.3, 0.4) is 0 Å². The first-order chi connectivity index (χ1) is 5.85. The van der Waals surface area contributed by atoms with Crippen molar-refractivity contribution in [2.24, 2.45) is 11.1 Å². The molecule has 0 unspecified atom stereocenters. The van der Waals surface area contributed by atoms with Crippen molar-refractivity contribution in [1.82, 2.24) is 14.8 Å². The molecule has 0 amide bonds. The minimum Gasteiger partial charge on any atom is -0.380 e. The Hall–Kier alpha value is -0.940. The summed E-state index contributed by atoms with van der Waals surface area (Å²) in [6.07, 6.45) is 3.24. The van der Waals surface area contributed by atoms with Gasteiger partial charge in [-0.05, 0) is 0 Å². The molecule has 0 atom stereocenters. The molecule has 2 heterocycles. The summed E-state index contributed by atoms with van der Waals surface area (Å²) in [4.78, 5) is 3.87. The van der Waals surface area contributed by atoms with Crippen LogP contribution in [-0.4, -0.2) is 34.5 Å². The molecule has 1 aliphatic rings. The lowest BCUT2D eigenvalue weighted by Gasteiger charge is -2.40. The van der Waals surface area contributed by atoms with Gasteiger partial charge in [0, 0.05) is 12.0 Å². The minimum absolute atomic E-state index is 0.105. The standard InChI is InChI=1S/C7H12N4O/c8-1-7(3-12-4-7)2-11-6-9-5-10-11/h5-6H,1-4,8H2. The maximum absolute atomic E-state index is 5.64. The topological polar surface area (TPSA) is 66.0 Å². The number of aromatic nitrogens is 3. The van der Waals surface area contributed by atoms with Crippen molar-refractivity contribution in [3.8, 4) is 0 Å². The zero-order valence-electron chi connectivity index (χ0n) is 6.81. The van der Waals surface area contributed by atoms with E-state index in [1.54, 1.807) is 11.0 Å². The molecule has 0 aromatic carbocycles. The van der Waals surface area contributed by atoms with Crippen LogP contribution in [0.2, 0.25) is 0 Å². The van der Waals surface area contributed by atoms with Crippen molar-refractivity contribution in [2.45, 2.75) is 6.54 Å². The Bertz CT molecular complexity index is 236. The maximum atomic E-state index is 5.64. The van der Waals surface area contributed by atoms with E-state index < -0.39 is 0 Å². The summed E-state index contributed by atoms with van der Waals surface area (Å²) in [5, 5.41) is 4.03. The second-order valence-electron chi connectivity index (χ2n) is 3.29. The van der Waals surface area contributed by atoms with Crippen LogP contribution in [0.1, 0.15) is 0 Å². The molecule has 0 aliphatic carbocycles. The first-order valence-electron chi connectivity index (χ1n) is 3.95. The van der Waals surface area contributed by atoms with Gasteiger partial charge in [0.1, 0.15) is 12.7 Å². The molecular weight excluding hydrogens is 156 g/mol. The third-order valence-electron chi connectivity index (χ3n) is 2.21. The zero-order chi connectivity index (χ0) is 8.44. The highest BCUT2D eigenvalue weighted by Gasteiger charge is 2.37. The number of nitrogens with two attached hydrogens (primary N) is 1. The summed E-state index contributed by atoms with van der Waals surface area (Å²) in [6, 6.07) is 0. The van der Waals surface area contributed by atoms with E-state index in [4.69, 9.17) is 10.5 Å². The highest BCUT2D eigenvalue weighted by Crippen LogP contribution is 2.27. The maximum Gasteiger partial charge on any atom is 0.137 e. The lowest BCUT2D eigenvalue weighted by atomic mass is 9.86. The molecule has 1 fully saturated rings. The van der Waals surface area contributed by atoms with E-state index in [1.807, 2.05) is 0 Å². The van der Waals surface area contributed by atoms with Crippen molar-refractivity contribution in [2.75, 3.05) is 19.8 Å². The summed E-state index contributed by atoms with van der Waals surface area (Å²) in [7, 11) is 0. The largest absolute Gasteiger partial charge is 0.380 e. The van der Waals surface area contributed by atoms with Gasteiger partial charge in [0.2, 0.25) is 0 Å². The molecule has 2 rings (SSSR count). The Balaban J connectivity index is 2.01. The highest BCUT2D eigenvalue weighted by molar-refractivity contribution is 4.86. The van der Waals surface area contributed by atoms with Crippen molar-refractivity contribution < 1.29 is 4.74 Å². The van der Waals surface area contributed by atoms with E-state index in [9.17, 15) is 0 Å². The summed E-state index contributed by atoms with van der Waals surface area (Å²) in [6.45, 7) is 2.93. The minimum atomic E-state index is 0.105. The van der Waals surface area contributed by atoms with Crippen molar-refractivity contribution in [3.63, 3.8) is 0 Å². The van der Waals surface area contributed by atoms with E-state index in [0.717, 1.165) is 19.8 Å². The third-order valence-corrected chi connectivity index (χ3v) is 2.21. The van der Waals surface area contributed by atoms with E-state index >= 15 is 0 Å². The van der Waals surface area contributed by atoms with Crippen LogP contribution >= 0.6 is 0 Å². The monoisotopic (exact) mass is 168 g/mol. The van der Waals surface area contributed by atoms with Gasteiger partial charge in [-0.15, -0.1) is 0 Å². The summed E-state index contributed by atoms with van der Waals surface area (Å²) in [5.41, 5.74) is 5.75. The van der Waals surface area contributed by atoms with E-state index in [1.165, 1.54) is 6.33 Å². The molecule has 1 saturated heterocycles. The molecule has 5 heteroatoms. The van der Waals surface area contributed by atoms with Crippen LogP contribution in [0.5, 0.6) is 0 Å². The van der Waals surface area contributed by atoms with Crippen LogP contribution < -0.4 is 5.73 Å². The highest BCUT2D eigenvalue weighted by atomic mass is 16.5. The van der Waals surface area contributed by atoms with E-state index in [-0.39, 0.29) is 5.41 Å². The first kappa shape index (κ1) is 7.70. The Kier molecular flexibility index (Phi) is 1.82. The summed E-state index contributed by atoms with van der Waals surface area (Å²) >= 11 is 0. The molecule has 0 bridgehead atoms. The Morgan fingerprint density at radius 1 is 1.58 bits per heavy atom. The van der Waals surface area contributed by atoms with Crippen LogP contribution in [0.15, 0.2) is 12.7 Å². The van der Waals surface area contributed by atoms with Gasteiger partial charge in [0.05, 0.1) is 19.8 Å². The Labute approximate surface area is 70.5 Å². The average Bonchev–Trinajstić information content (AvgIpc) is 2.49. The first-order valence-corrected chi connectivity index (χ1v) is 3.95. The number of hydrogen-bond donors (Lipinski definition) is 1. The van der Waals surface area contributed by atoms with Crippen molar-refractivity contribution in [1.29, 1.82) is 0 Å². The van der Waals surface area contributed by atoms with Gasteiger partial charge in [0.15, 0.2) is 0 Å². The smallest absolute Gasteiger partial charge is 0.137 e. The predicted molar refractivity (Wildman–Crippen MR) is 42.3 cm³/mol. The molecule has 66 valence electrons. The molecule has 12 heavy (non-hydrogen) atoms. The SMILES string of the molecule is NCC1(Cn2cncn2)COC1. The molecule has 5 nitrogen and oxygen atoms in total. The van der Waals surface area contributed by atoms with Gasteiger partial charge in [-0.3, -0.25) is 4.68 Å². The molecule has 1 aromatic heterocycles. The van der Waals surface area contributed by atoms with Crippen LogP contribution in [0.25, 0.3) is 0 Å². The van der Waals surface area contributed by atoms with Crippen LogP contribution in [-0.2, 0) is 11.3 Å². The third kappa shape index (κ3) is 1.21. The zero-order valence-corrected chi connectivity index (χ0v) is 6.81. The second kappa shape index (κ2) is 2.84. The lowest BCUT2D eigenvalue weighted by molar-refractivity contribution is -0.117. The molecular formula is C7H12N4O. The average molecular weight is 168 g/mol. The molecule has 2 N–H and O–H groups in total. The molecule has 0 radical (unpaired) electrons. The molecule has 0 spiro atoms. The van der Waals surface area contributed by atoms with Crippen LogP contribution in [0, 0.1) is 5.41 Å². The summed E-state index contributed by atoms with van der Waals surface area (Å²) in [5.74, 6) is 0. The Morgan fingerprint density at radius 3 is 2.83 bits per heavy atom. The van der Waals surface area contributed by atoms with Gasteiger partial charge in [0.25, 0.3) is 0 Å². The van der Waals surface area contributed by atoms with E-state index in [2.05, 4.69) is 10.1 Å². The molecule has 0 saturated carbocycles. The van der Waals surface area contributed by atoms with Gasteiger partial charge >= 0.3 is 0 Å². The lowest BCUT2D eigenvalue weighted by Crippen LogP contribution is -2.51. The van der Waals surface area contributed by atoms with Crippen molar-refractivity contribution in [3.05, 3.63) is 12.7 Å². The molecule has 1 aromatic rings. The fourth-order valence-corrected chi connectivity index (χ4v) is 1.32. The second-order valence-corrected chi connectivity index (χ2v) is 3.29. The number of hydrogen-bond acceptors (Lipinski definition) is 4. The fourth-order valence-electron chi connectivity index (χ4n) is 1.32. The van der Waals surface area contributed by atoms with Crippen LogP contribution in [0.4, 0.5) is 0 Å². The van der Waals surface area contributed by atoms with Gasteiger partial charge in [-0.25, -0.2) is 4.98 Å². The quantitative estimate of drug-likeness (QED) is 0.645. The molecule has 1 aliphatic heterocycles. The van der Waals surface area contributed by atoms with Gasteiger partial charge in [-0.2, -0.15) is 5.10 Å². The number of nitrogens with zero attached hydrogens (tertiary/aromatic N) is 3. The summed E-state index contributed by atoms with van der Waals surface area (Å²) < 4.78 is 6.94. The van der Waals surface area contributed by atoms with E-state index in [0.29, 0.717) is 6.54 Å². The number of ether oxygens (including phenoxy) is 1. The Morgan fingerprint density at radius 2 is 2.42 bits per heavy atom. The van der Waals surface area contributed by atoms with Gasteiger partial charge < -0.3 is 10.5 Å². The predicted octanol–water partition coefficient (Wildman–Crippen LogP) is -0.747. The van der Waals surface area contributed by atoms with Gasteiger partial charge in [-0.1, -0.05) is 0 Å². The fraction of sp³-hybridized carbons (Fsp3) is 0.714. The number of rotatable bonds is 3. The normalized spacial score (nSPS) is 20.4.